The fourth-order valence-electron chi connectivity index (χ4n) is 0.298. The van der Waals surface area contributed by atoms with Crippen LogP contribution in [0.3, 0.4) is 0 Å². The zero-order valence-electron chi connectivity index (χ0n) is 6.14. The van der Waals surface area contributed by atoms with Crippen LogP contribution in [-0.2, 0) is 0 Å². The maximum Gasteiger partial charge on any atom is 0.0652 e. The maximum atomic E-state index is 7.05. The second kappa shape index (κ2) is 4.62. The Morgan fingerprint density at radius 3 is 2.44 bits per heavy atom. The normalized spacial score (nSPS) is 11.1. The highest BCUT2D eigenvalue weighted by Gasteiger charge is 1.84. The third-order valence-corrected chi connectivity index (χ3v) is 1.36. The smallest absolute Gasteiger partial charge is 0.0652 e. The Bertz CT molecular complexity index is 116. The van der Waals surface area contributed by atoms with Gasteiger partial charge in [-0.15, -0.1) is 0 Å². The number of thioether (sulfide) groups is 1. The van der Waals surface area contributed by atoms with Gasteiger partial charge in [0, 0.05) is 0 Å². The van der Waals surface area contributed by atoms with Gasteiger partial charge >= 0.3 is 0 Å². The molecule has 2 heteroatoms. The molecule has 1 nitrogen and oxygen atoms in total. The van der Waals surface area contributed by atoms with Crippen molar-refractivity contribution in [2.75, 3.05) is 0 Å². The van der Waals surface area contributed by atoms with E-state index in [1.54, 1.807) is 6.92 Å². The number of hydrogen-bond acceptors (Lipinski definition) is 2. The summed E-state index contributed by atoms with van der Waals surface area (Å²) in [6, 6.07) is 0. The molecular formula is C7H13NS. The number of hydrogen-bond donors (Lipinski definition) is 1. The van der Waals surface area contributed by atoms with Crippen LogP contribution in [0.5, 0.6) is 0 Å². The molecule has 0 spiro atoms. The van der Waals surface area contributed by atoms with Crippen molar-refractivity contribution in [2.45, 2.75) is 20.8 Å². The summed E-state index contributed by atoms with van der Waals surface area (Å²) in [6.45, 7) is 6.03. The van der Waals surface area contributed by atoms with Gasteiger partial charge in [-0.3, -0.25) is 5.41 Å². The van der Waals surface area contributed by atoms with Crippen molar-refractivity contribution >= 4 is 16.8 Å². The second-order valence-corrected chi connectivity index (χ2v) is 3.37. The van der Waals surface area contributed by atoms with Gasteiger partial charge in [0.1, 0.15) is 0 Å². The molecule has 1 N–H and O–H groups in total. The van der Waals surface area contributed by atoms with Gasteiger partial charge in [0.05, 0.1) is 5.04 Å². The minimum atomic E-state index is 0.594. The molecule has 0 amide bonds. The SMILES string of the molecule is CC(=N)S/C=C\C(C)C. The molecule has 0 aliphatic rings. The fraction of sp³-hybridized carbons (Fsp3) is 0.571. The van der Waals surface area contributed by atoms with Crippen molar-refractivity contribution in [1.29, 1.82) is 5.41 Å². The van der Waals surface area contributed by atoms with Gasteiger partial charge < -0.3 is 0 Å². The molecule has 0 heterocycles. The zero-order valence-corrected chi connectivity index (χ0v) is 6.96. The molecule has 0 radical (unpaired) electrons. The molecule has 0 saturated carbocycles. The van der Waals surface area contributed by atoms with Crippen molar-refractivity contribution in [3.63, 3.8) is 0 Å². The first-order valence-electron chi connectivity index (χ1n) is 3.01. The molecule has 9 heavy (non-hydrogen) atoms. The van der Waals surface area contributed by atoms with Gasteiger partial charge in [0.15, 0.2) is 0 Å². The first kappa shape index (κ1) is 8.76. The Morgan fingerprint density at radius 2 is 2.11 bits per heavy atom. The summed E-state index contributed by atoms with van der Waals surface area (Å²) in [5, 5.41) is 9.66. The molecule has 0 rings (SSSR count). The van der Waals surface area contributed by atoms with Gasteiger partial charge in [-0.1, -0.05) is 31.7 Å². The van der Waals surface area contributed by atoms with Crippen molar-refractivity contribution in [1.82, 2.24) is 0 Å². The predicted molar refractivity (Wildman–Crippen MR) is 45.0 cm³/mol. The van der Waals surface area contributed by atoms with E-state index in [9.17, 15) is 0 Å². The molecular weight excluding hydrogens is 130 g/mol. The van der Waals surface area contributed by atoms with E-state index in [1.807, 2.05) is 5.41 Å². The van der Waals surface area contributed by atoms with E-state index >= 15 is 0 Å². The molecule has 0 aromatic carbocycles. The van der Waals surface area contributed by atoms with Crippen LogP contribution in [0.1, 0.15) is 20.8 Å². The van der Waals surface area contributed by atoms with E-state index in [-0.39, 0.29) is 0 Å². The van der Waals surface area contributed by atoms with Crippen LogP contribution in [-0.4, -0.2) is 5.04 Å². The minimum Gasteiger partial charge on any atom is -0.298 e. The summed E-state index contributed by atoms with van der Waals surface area (Å²) in [6.07, 6.45) is 2.09. The van der Waals surface area contributed by atoms with Crippen LogP contribution in [0, 0.1) is 11.3 Å². The summed E-state index contributed by atoms with van der Waals surface area (Å²) >= 11 is 1.46. The van der Waals surface area contributed by atoms with Crippen molar-refractivity contribution < 1.29 is 0 Å². The molecule has 52 valence electrons. The highest BCUT2D eigenvalue weighted by Crippen LogP contribution is 2.05. The number of allylic oxidation sites excluding steroid dienone is 1. The van der Waals surface area contributed by atoms with Crippen LogP contribution >= 0.6 is 11.8 Å². The highest BCUT2D eigenvalue weighted by atomic mass is 32.2. The highest BCUT2D eigenvalue weighted by molar-refractivity contribution is 8.16. The molecule has 0 bridgehead atoms. The lowest BCUT2D eigenvalue weighted by molar-refractivity contribution is 0.834. The summed E-state index contributed by atoms with van der Waals surface area (Å²) in [7, 11) is 0. The first-order valence-corrected chi connectivity index (χ1v) is 3.89. The monoisotopic (exact) mass is 143 g/mol. The van der Waals surface area contributed by atoms with Crippen molar-refractivity contribution in [3.05, 3.63) is 11.5 Å². The predicted octanol–water partition coefficient (Wildman–Crippen LogP) is 2.89. The van der Waals surface area contributed by atoms with E-state index in [2.05, 4.69) is 19.9 Å². The molecule has 0 atom stereocenters. The van der Waals surface area contributed by atoms with Crippen LogP contribution < -0.4 is 0 Å². The second-order valence-electron chi connectivity index (χ2n) is 2.25. The first-order chi connectivity index (χ1) is 4.13. The van der Waals surface area contributed by atoms with Gasteiger partial charge in [-0.05, 0) is 18.2 Å². The molecule has 0 unspecified atom stereocenters. The Hall–Kier alpha value is -0.240. The van der Waals surface area contributed by atoms with Crippen LogP contribution in [0.4, 0.5) is 0 Å². The van der Waals surface area contributed by atoms with Gasteiger partial charge in [0.2, 0.25) is 0 Å². The lowest BCUT2D eigenvalue weighted by atomic mass is 10.2. The standard InChI is InChI=1S/C7H13NS/c1-6(2)4-5-9-7(3)8/h4-6,8H,1-3H3/b5-4-,8-7?. The van der Waals surface area contributed by atoms with E-state index in [4.69, 9.17) is 5.41 Å². The maximum absolute atomic E-state index is 7.05. The Balaban J connectivity index is 3.36. The van der Waals surface area contributed by atoms with E-state index < -0.39 is 0 Å². The number of rotatable bonds is 2. The topological polar surface area (TPSA) is 23.9 Å². The van der Waals surface area contributed by atoms with Crippen molar-refractivity contribution in [2.24, 2.45) is 5.92 Å². The van der Waals surface area contributed by atoms with E-state index in [0.29, 0.717) is 11.0 Å². The minimum absolute atomic E-state index is 0.594. The molecule has 0 aliphatic carbocycles. The summed E-state index contributed by atoms with van der Waals surface area (Å²) in [5.74, 6) is 0.594. The average Bonchev–Trinajstić information content (AvgIpc) is 1.63. The van der Waals surface area contributed by atoms with Gasteiger partial charge in [-0.2, -0.15) is 0 Å². The molecule has 0 saturated heterocycles. The lowest BCUT2D eigenvalue weighted by Crippen LogP contribution is -1.77. The average molecular weight is 143 g/mol. The Morgan fingerprint density at radius 1 is 1.56 bits per heavy atom. The van der Waals surface area contributed by atoms with Crippen LogP contribution in [0.15, 0.2) is 11.5 Å². The summed E-state index contributed by atoms with van der Waals surface area (Å²) < 4.78 is 0. The fourth-order valence-corrected chi connectivity index (χ4v) is 0.895. The summed E-state index contributed by atoms with van der Waals surface area (Å²) in [4.78, 5) is 0. The van der Waals surface area contributed by atoms with Gasteiger partial charge in [-0.25, -0.2) is 0 Å². The third kappa shape index (κ3) is 7.76. The molecule has 0 aliphatic heterocycles. The molecule has 0 aromatic rings. The number of nitrogens with one attached hydrogen (secondary N) is 1. The third-order valence-electron chi connectivity index (χ3n) is 0.708. The quantitative estimate of drug-likeness (QED) is 0.466. The largest absolute Gasteiger partial charge is 0.298 e. The lowest BCUT2D eigenvalue weighted by Gasteiger charge is -1.91. The van der Waals surface area contributed by atoms with E-state index in [1.165, 1.54) is 11.8 Å². The summed E-state index contributed by atoms with van der Waals surface area (Å²) in [5.41, 5.74) is 0. The van der Waals surface area contributed by atoms with Crippen molar-refractivity contribution in [3.8, 4) is 0 Å². The zero-order chi connectivity index (χ0) is 7.28. The molecule has 0 fully saturated rings. The molecule has 0 aromatic heterocycles. The van der Waals surface area contributed by atoms with E-state index in [0.717, 1.165) is 0 Å². The van der Waals surface area contributed by atoms with Crippen LogP contribution in [0.25, 0.3) is 0 Å². The Kier molecular flexibility index (Phi) is 4.50. The Labute approximate surface area is 61.0 Å². The van der Waals surface area contributed by atoms with Crippen LogP contribution in [0.2, 0.25) is 0 Å². The van der Waals surface area contributed by atoms with Gasteiger partial charge in [0.25, 0.3) is 0 Å².